The molecule has 1 fully saturated rings. The SMILES string of the molecule is CSc1cc(Cl)c(C(O)CN(Cc2cc(F)cc(F)c2)C(=O)c2cnn(C3CCC(C(=O)O)CC3)c2C(F)(F)F)c(Cl)c1. The van der Waals surface area contributed by atoms with Crippen LogP contribution in [-0.2, 0) is 17.5 Å². The van der Waals surface area contributed by atoms with Gasteiger partial charge in [-0.1, -0.05) is 23.2 Å². The fourth-order valence-corrected chi connectivity index (χ4v) is 6.59. The molecule has 7 nitrogen and oxygen atoms in total. The number of hydrogen-bond donors (Lipinski definition) is 2. The average Bonchev–Trinajstić information content (AvgIpc) is 3.37. The fraction of sp³-hybridized carbons (Fsp3) is 0.393. The molecule has 232 valence electrons. The minimum atomic E-state index is -5.04. The quantitative estimate of drug-likeness (QED) is 0.183. The highest BCUT2D eigenvalue weighted by Gasteiger charge is 2.43. The summed E-state index contributed by atoms with van der Waals surface area (Å²) < 4.78 is 72.0. The summed E-state index contributed by atoms with van der Waals surface area (Å²) in [6, 6.07) is 4.67. The topological polar surface area (TPSA) is 95.7 Å². The van der Waals surface area contributed by atoms with Crippen LogP contribution < -0.4 is 0 Å². The van der Waals surface area contributed by atoms with Gasteiger partial charge in [0.25, 0.3) is 5.91 Å². The van der Waals surface area contributed by atoms with Gasteiger partial charge in [0.2, 0.25) is 0 Å². The first-order valence-corrected chi connectivity index (χ1v) is 15.0. The summed E-state index contributed by atoms with van der Waals surface area (Å²) in [5.41, 5.74) is -2.25. The van der Waals surface area contributed by atoms with E-state index >= 15 is 0 Å². The molecule has 0 aliphatic heterocycles. The van der Waals surface area contributed by atoms with Crippen molar-refractivity contribution in [2.75, 3.05) is 12.8 Å². The van der Waals surface area contributed by atoms with Crippen LogP contribution in [0.3, 0.4) is 0 Å². The van der Waals surface area contributed by atoms with Crippen molar-refractivity contribution in [1.82, 2.24) is 14.7 Å². The standard InChI is InChI=1S/C28H26Cl2F5N3O4S/c1-43-19-9-21(29)24(22(30)10-19)23(39)13-37(12-14-6-16(31)8-17(32)7-14)26(40)20-11-36-38(25(20)28(33,34)35)18-4-2-15(3-5-18)27(41)42/h6-11,15,18,23,39H,2-5,12-13H2,1H3,(H,41,42). The Kier molecular flexibility index (Phi) is 10.3. The summed E-state index contributed by atoms with van der Waals surface area (Å²) >= 11 is 14.0. The van der Waals surface area contributed by atoms with Gasteiger partial charge in [0.1, 0.15) is 11.6 Å². The number of aromatic nitrogens is 2. The number of thioether (sulfide) groups is 1. The van der Waals surface area contributed by atoms with Gasteiger partial charge in [-0.15, -0.1) is 11.8 Å². The molecule has 1 saturated carbocycles. The molecule has 1 heterocycles. The molecule has 2 aromatic carbocycles. The maximum absolute atomic E-state index is 14.5. The minimum Gasteiger partial charge on any atom is -0.481 e. The maximum Gasteiger partial charge on any atom is 0.433 e. The van der Waals surface area contributed by atoms with E-state index in [0.717, 1.165) is 23.2 Å². The predicted octanol–water partition coefficient (Wildman–Crippen LogP) is 7.40. The molecule has 0 saturated heterocycles. The number of rotatable bonds is 9. The lowest BCUT2D eigenvalue weighted by atomic mass is 9.86. The molecule has 1 aliphatic carbocycles. The van der Waals surface area contributed by atoms with Crippen molar-refractivity contribution in [2.45, 2.75) is 55.4 Å². The van der Waals surface area contributed by atoms with E-state index in [4.69, 9.17) is 23.2 Å². The Morgan fingerprint density at radius 1 is 1.07 bits per heavy atom. The van der Waals surface area contributed by atoms with Gasteiger partial charge >= 0.3 is 12.1 Å². The van der Waals surface area contributed by atoms with Crippen LogP contribution >= 0.6 is 35.0 Å². The molecule has 1 aromatic heterocycles. The van der Waals surface area contributed by atoms with Gasteiger partial charge < -0.3 is 15.1 Å². The zero-order valence-corrected chi connectivity index (χ0v) is 24.9. The number of aliphatic carboxylic acids is 1. The average molecular weight is 666 g/mol. The van der Waals surface area contributed by atoms with Crippen molar-refractivity contribution in [3.63, 3.8) is 0 Å². The van der Waals surface area contributed by atoms with Crippen LogP contribution in [0.1, 0.15) is 65.0 Å². The van der Waals surface area contributed by atoms with Crippen molar-refractivity contribution in [1.29, 1.82) is 0 Å². The number of nitrogens with zero attached hydrogens (tertiary/aromatic N) is 3. The first kappa shape index (κ1) is 33.0. The van der Waals surface area contributed by atoms with Crippen LogP contribution in [0, 0.1) is 17.6 Å². The van der Waals surface area contributed by atoms with Crippen LogP contribution in [0.5, 0.6) is 0 Å². The number of alkyl halides is 3. The van der Waals surface area contributed by atoms with E-state index in [9.17, 15) is 41.8 Å². The van der Waals surface area contributed by atoms with Gasteiger partial charge in [0, 0.05) is 33.1 Å². The van der Waals surface area contributed by atoms with Gasteiger partial charge in [-0.25, -0.2) is 8.78 Å². The van der Waals surface area contributed by atoms with Crippen molar-refractivity contribution < 1.29 is 41.8 Å². The molecule has 0 radical (unpaired) electrons. The Morgan fingerprint density at radius 3 is 2.16 bits per heavy atom. The molecule has 4 rings (SSSR count). The number of amides is 1. The van der Waals surface area contributed by atoms with Gasteiger partial charge in [-0.05, 0) is 61.8 Å². The summed E-state index contributed by atoms with van der Waals surface area (Å²) in [7, 11) is 0. The lowest BCUT2D eigenvalue weighted by Gasteiger charge is -2.29. The zero-order chi connectivity index (χ0) is 31.6. The second kappa shape index (κ2) is 13.4. The predicted molar refractivity (Wildman–Crippen MR) is 150 cm³/mol. The zero-order valence-electron chi connectivity index (χ0n) is 22.5. The molecule has 0 spiro atoms. The van der Waals surface area contributed by atoms with Crippen LogP contribution in [0.15, 0.2) is 41.4 Å². The molecule has 43 heavy (non-hydrogen) atoms. The number of halogens is 7. The van der Waals surface area contributed by atoms with Crippen LogP contribution in [0.25, 0.3) is 0 Å². The molecular weight excluding hydrogens is 640 g/mol. The summed E-state index contributed by atoms with van der Waals surface area (Å²) in [4.78, 5) is 26.6. The van der Waals surface area contributed by atoms with Crippen LogP contribution in [-0.4, -0.2) is 49.6 Å². The highest BCUT2D eigenvalue weighted by molar-refractivity contribution is 7.98. The van der Waals surface area contributed by atoms with E-state index in [0.29, 0.717) is 15.6 Å². The molecule has 1 unspecified atom stereocenters. The summed E-state index contributed by atoms with van der Waals surface area (Å²) in [6.45, 7) is -1.21. The van der Waals surface area contributed by atoms with Gasteiger partial charge in [-0.3, -0.25) is 14.3 Å². The van der Waals surface area contributed by atoms with E-state index in [1.54, 1.807) is 6.26 Å². The summed E-state index contributed by atoms with van der Waals surface area (Å²) in [5, 5.41) is 24.3. The van der Waals surface area contributed by atoms with E-state index in [1.165, 1.54) is 23.9 Å². The van der Waals surface area contributed by atoms with Gasteiger partial charge in [-0.2, -0.15) is 18.3 Å². The number of aliphatic hydroxyl groups excluding tert-OH is 1. The lowest BCUT2D eigenvalue weighted by molar-refractivity contribution is -0.147. The molecule has 2 N–H and O–H groups in total. The minimum absolute atomic E-state index is 0.0197. The van der Waals surface area contributed by atoms with E-state index in [2.05, 4.69) is 5.10 Å². The molecule has 15 heteroatoms. The third-order valence-corrected chi connectivity index (χ3v) is 8.62. The molecular formula is C28H26Cl2F5N3O4S. The van der Waals surface area contributed by atoms with Crippen molar-refractivity contribution in [3.8, 4) is 0 Å². The number of carbonyl (C=O) groups excluding carboxylic acids is 1. The smallest absolute Gasteiger partial charge is 0.433 e. The van der Waals surface area contributed by atoms with Crippen molar-refractivity contribution in [3.05, 3.63) is 80.6 Å². The summed E-state index contributed by atoms with van der Waals surface area (Å²) in [5.74, 6) is -4.87. The van der Waals surface area contributed by atoms with E-state index in [1.807, 2.05) is 0 Å². The summed E-state index contributed by atoms with van der Waals surface area (Å²) in [6.07, 6.45) is -3.62. The Morgan fingerprint density at radius 2 is 1.65 bits per heavy atom. The second-order valence-corrected chi connectivity index (χ2v) is 11.9. The highest BCUT2D eigenvalue weighted by atomic mass is 35.5. The van der Waals surface area contributed by atoms with Gasteiger partial charge in [0.15, 0.2) is 5.69 Å². The molecule has 1 amide bonds. The highest BCUT2D eigenvalue weighted by Crippen LogP contribution is 2.40. The first-order valence-electron chi connectivity index (χ1n) is 13.0. The lowest BCUT2D eigenvalue weighted by Crippen LogP contribution is -2.36. The number of benzene rings is 2. The Labute approximate surface area is 257 Å². The second-order valence-electron chi connectivity index (χ2n) is 10.2. The number of hydrogen-bond acceptors (Lipinski definition) is 5. The normalized spacial score (nSPS) is 18.0. The van der Waals surface area contributed by atoms with E-state index in [-0.39, 0.29) is 46.9 Å². The van der Waals surface area contributed by atoms with Crippen LogP contribution in [0.2, 0.25) is 10.0 Å². The van der Waals surface area contributed by atoms with Crippen molar-refractivity contribution in [2.24, 2.45) is 5.92 Å². The van der Waals surface area contributed by atoms with Crippen LogP contribution in [0.4, 0.5) is 22.0 Å². The Hall–Kier alpha value is -2.87. The maximum atomic E-state index is 14.5. The Balaban J connectivity index is 1.73. The third kappa shape index (κ3) is 7.62. The third-order valence-electron chi connectivity index (χ3n) is 7.28. The fourth-order valence-electron chi connectivity index (χ4n) is 5.26. The first-order chi connectivity index (χ1) is 20.2. The monoisotopic (exact) mass is 665 g/mol. The largest absolute Gasteiger partial charge is 0.481 e. The van der Waals surface area contributed by atoms with E-state index < -0.39 is 72.1 Å². The number of aliphatic hydroxyl groups is 1. The number of carboxylic acid groups (broad SMARTS) is 1. The van der Waals surface area contributed by atoms with Gasteiger partial charge in [0.05, 0.1) is 36.4 Å². The molecule has 1 aliphatic rings. The van der Waals surface area contributed by atoms with Crippen molar-refractivity contribution >= 4 is 46.8 Å². The molecule has 1 atom stereocenters. The molecule has 3 aromatic rings. The number of carboxylic acids is 1. The Bertz CT molecular complexity index is 1470. The molecule has 0 bridgehead atoms. The number of carbonyl (C=O) groups is 2.